The van der Waals surface area contributed by atoms with E-state index < -0.39 is 10.0 Å². The molecule has 0 saturated heterocycles. The van der Waals surface area contributed by atoms with E-state index in [4.69, 9.17) is 4.42 Å². The van der Waals surface area contributed by atoms with Crippen molar-refractivity contribution in [2.75, 3.05) is 6.54 Å². The fourth-order valence-corrected chi connectivity index (χ4v) is 4.53. The van der Waals surface area contributed by atoms with E-state index >= 15 is 0 Å². The van der Waals surface area contributed by atoms with E-state index in [2.05, 4.69) is 26.5 Å². The van der Waals surface area contributed by atoms with E-state index in [0.717, 1.165) is 38.1 Å². The van der Waals surface area contributed by atoms with Crippen LogP contribution in [0.2, 0.25) is 0 Å². The summed E-state index contributed by atoms with van der Waals surface area (Å²) in [4.78, 5) is 16.8. The van der Waals surface area contributed by atoms with Crippen molar-refractivity contribution in [1.82, 2.24) is 19.6 Å². The number of fused-ring (bicyclic) bond motifs is 1. The van der Waals surface area contributed by atoms with Crippen LogP contribution >= 0.6 is 0 Å². The molecule has 1 fully saturated rings. The van der Waals surface area contributed by atoms with Crippen molar-refractivity contribution in [3.05, 3.63) is 48.2 Å². The van der Waals surface area contributed by atoms with Crippen molar-refractivity contribution < 1.29 is 17.6 Å². The van der Waals surface area contributed by atoms with E-state index in [1.807, 2.05) is 6.20 Å². The molecule has 154 valence electrons. The van der Waals surface area contributed by atoms with Gasteiger partial charge in [-0.1, -0.05) is 6.92 Å². The van der Waals surface area contributed by atoms with Crippen molar-refractivity contribution in [2.24, 2.45) is 0 Å². The fraction of sp³-hybridized carbons (Fsp3) is 0.400. The number of furan rings is 1. The number of amides is 1. The molecule has 0 unspecified atom stereocenters. The number of aryl methyl sites for hydroxylation is 2. The van der Waals surface area contributed by atoms with Crippen LogP contribution in [0, 0.1) is 0 Å². The van der Waals surface area contributed by atoms with Crippen molar-refractivity contribution in [2.45, 2.75) is 50.1 Å². The minimum Gasteiger partial charge on any atom is -0.451 e. The number of benzene rings is 1. The zero-order valence-electron chi connectivity index (χ0n) is 16.2. The smallest absolute Gasteiger partial charge is 0.287 e. The highest BCUT2D eigenvalue weighted by atomic mass is 32.2. The molecule has 29 heavy (non-hydrogen) atoms. The lowest BCUT2D eigenvalue weighted by atomic mass is 10.2. The van der Waals surface area contributed by atoms with Gasteiger partial charge in [-0.25, -0.2) is 18.1 Å². The molecule has 2 N–H and O–H groups in total. The molecule has 1 aliphatic carbocycles. The minimum atomic E-state index is -3.54. The molecule has 0 spiro atoms. The predicted octanol–water partition coefficient (Wildman–Crippen LogP) is 2.45. The molecule has 1 aromatic carbocycles. The number of nitrogens with one attached hydrogen (secondary N) is 2. The van der Waals surface area contributed by atoms with E-state index in [-0.39, 0.29) is 22.6 Å². The quantitative estimate of drug-likeness (QED) is 0.521. The van der Waals surface area contributed by atoms with Gasteiger partial charge in [0.15, 0.2) is 5.76 Å². The molecule has 4 rings (SSSR count). The van der Waals surface area contributed by atoms with E-state index in [9.17, 15) is 13.2 Å². The Morgan fingerprint density at radius 2 is 2.14 bits per heavy atom. The normalized spacial score (nSPS) is 14.4. The van der Waals surface area contributed by atoms with Crippen molar-refractivity contribution in [1.29, 1.82) is 0 Å². The maximum absolute atomic E-state index is 12.4. The van der Waals surface area contributed by atoms with Gasteiger partial charge in [0, 0.05) is 43.3 Å². The van der Waals surface area contributed by atoms with Crippen LogP contribution in [0.15, 0.2) is 46.0 Å². The number of carbonyl (C=O) groups is 1. The van der Waals surface area contributed by atoms with Gasteiger partial charge >= 0.3 is 0 Å². The van der Waals surface area contributed by atoms with E-state index in [1.165, 1.54) is 12.1 Å². The Balaban J connectivity index is 1.37. The number of sulfonamides is 1. The van der Waals surface area contributed by atoms with Crippen molar-refractivity contribution >= 4 is 26.9 Å². The Hall–Kier alpha value is -2.65. The second-order valence-corrected chi connectivity index (χ2v) is 8.92. The summed E-state index contributed by atoms with van der Waals surface area (Å²) in [5, 5.41) is 3.43. The monoisotopic (exact) mass is 416 g/mol. The Morgan fingerprint density at radius 1 is 1.31 bits per heavy atom. The standard InChI is InChI=1S/C20H24N4O4S/c1-2-19-21-9-11-24(19)10-3-8-22-20(25)18-13-14-12-16(6-7-17(14)28-18)29(26,27)23-15-4-5-15/h6-7,9,11-13,15,23H,2-5,8,10H2,1H3,(H,22,25). The van der Waals surface area contributed by atoms with Gasteiger partial charge in [-0.15, -0.1) is 0 Å². The van der Waals surface area contributed by atoms with Gasteiger partial charge in [0.05, 0.1) is 4.90 Å². The SMILES string of the molecule is CCc1nccn1CCCNC(=O)c1cc2cc(S(=O)(=O)NC3CC3)ccc2o1. The maximum Gasteiger partial charge on any atom is 0.287 e. The van der Waals surface area contributed by atoms with Gasteiger partial charge < -0.3 is 14.3 Å². The molecular formula is C20H24N4O4S. The Morgan fingerprint density at radius 3 is 2.90 bits per heavy atom. The summed E-state index contributed by atoms with van der Waals surface area (Å²) in [5.74, 6) is 0.875. The van der Waals surface area contributed by atoms with Crippen molar-refractivity contribution in [3.63, 3.8) is 0 Å². The number of imidazole rings is 1. The lowest BCUT2D eigenvalue weighted by molar-refractivity contribution is 0.0927. The van der Waals surface area contributed by atoms with Gasteiger partial charge in [-0.3, -0.25) is 4.79 Å². The van der Waals surface area contributed by atoms with Crippen LogP contribution in [0.4, 0.5) is 0 Å². The molecule has 1 amide bonds. The first kappa shape index (κ1) is 19.7. The second kappa shape index (κ2) is 8.00. The Bertz CT molecular complexity index is 1130. The lowest BCUT2D eigenvalue weighted by Crippen LogP contribution is -2.25. The Labute approximate surface area is 169 Å². The molecule has 0 aliphatic heterocycles. The number of aromatic nitrogens is 2. The summed E-state index contributed by atoms with van der Waals surface area (Å²) in [6.07, 6.45) is 7.09. The molecule has 0 bridgehead atoms. The maximum atomic E-state index is 12.4. The van der Waals surface area contributed by atoms with Crippen LogP contribution in [-0.2, 0) is 23.0 Å². The third kappa shape index (κ3) is 4.51. The van der Waals surface area contributed by atoms with Gasteiger partial charge in [-0.05, 0) is 43.5 Å². The summed E-state index contributed by atoms with van der Waals surface area (Å²) in [5.41, 5.74) is 0.478. The molecule has 1 aliphatic rings. The summed E-state index contributed by atoms with van der Waals surface area (Å²) >= 11 is 0. The summed E-state index contributed by atoms with van der Waals surface area (Å²) < 4.78 is 35.0. The van der Waals surface area contributed by atoms with E-state index in [1.54, 1.807) is 18.3 Å². The summed E-state index contributed by atoms with van der Waals surface area (Å²) in [6.45, 7) is 3.34. The van der Waals surface area contributed by atoms with Crippen LogP contribution < -0.4 is 10.0 Å². The van der Waals surface area contributed by atoms with Crippen LogP contribution in [-0.4, -0.2) is 36.5 Å². The number of carbonyl (C=O) groups excluding carboxylic acids is 1. The third-order valence-electron chi connectivity index (χ3n) is 4.90. The molecule has 8 nitrogen and oxygen atoms in total. The summed E-state index contributed by atoms with van der Waals surface area (Å²) in [7, 11) is -3.54. The third-order valence-corrected chi connectivity index (χ3v) is 6.42. The topological polar surface area (TPSA) is 106 Å². The van der Waals surface area contributed by atoms with Crippen LogP contribution in [0.3, 0.4) is 0 Å². The molecular weight excluding hydrogens is 392 g/mol. The zero-order valence-corrected chi connectivity index (χ0v) is 17.0. The zero-order chi connectivity index (χ0) is 20.4. The average molecular weight is 417 g/mol. The number of nitrogens with zero attached hydrogens (tertiary/aromatic N) is 2. The summed E-state index contributed by atoms with van der Waals surface area (Å²) in [6, 6.07) is 6.22. The van der Waals surface area contributed by atoms with Gasteiger partial charge in [0.1, 0.15) is 11.4 Å². The van der Waals surface area contributed by atoms with Crippen LogP contribution in [0.5, 0.6) is 0 Å². The van der Waals surface area contributed by atoms with Crippen molar-refractivity contribution in [3.8, 4) is 0 Å². The Kier molecular flexibility index (Phi) is 5.42. The lowest BCUT2D eigenvalue weighted by Gasteiger charge is -2.06. The molecule has 3 aromatic rings. The van der Waals surface area contributed by atoms with Gasteiger partial charge in [0.2, 0.25) is 10.0 Å². The first-order chi connectivity index (χ1) is 14.0. The molecule has 1 saturated carbocycles. The number of hydrogen-bond donors (Lipinski definition) is 2. The molecule has 2 aromatic heterocycles. The highest BCUT2D eigenvalue weighted by molar-refractivity contribution is 7.89. The average Bonchev–Trinajstić information content (AvgIpc) is 3.21. The minimum absolute atomic E-state index is 0.0390. The first-order valence-electron chi connectivity index (χ1n) is 9.80. The molecule has 9 heteroatoms. The fourth-order valence-electron chi connectivity index (χ4n) is 3.19. The van der Waals surface area contributed by atoms with Crippen LogP contribution in [0.25, 0.3) is 11.0 Å². The molecule has 0 atom stereocenters. The predicted molar refractivity (Wildman–Crippen MR) is 108 cm³/mol. The van der Waals surface area contributed by atoms with Gasteiger partial charge in [-0.2, -0.15) is 0 Å². The van der Waals surface area contributed by atoms with Crippen LogP contribution in [0.1, 0.15) is 42.6 Å². The highest BCUT2D eigenvalue weighted by Crippen LogP contribution is 2.26. The second-order valence-electron chi connectivity index (χ2n) is 7.21. The van der Waals surface area contributed by atoms with Gasteiger partial charge in [0.25, 0.3) is 5.91 Å². The molecule has 0 radical (unpaired) electrons. The van der Waals surface area contributed by atoms with E-state index in [0.29, 0.717) is 17.5 Å². The largest absolute Gasteiger partial charge is 0.451 e. The first-order valence-corrected chi connectivity index (χ1v) is 11.3. The highest BCUT2D eigenvalue weighted by Gasteiger charge is 2.28. The number of rotatable bonds is 9. The number of hydrogen-bond acceptors (Lipinski definition) is 5. The molecule has 2 heterocycles.